The van der Waals surface area contributed by atoms with Gasteiger partial charge in [0.15, 0.2) is 0 Å². The van der Waals surface area contributed by atoms with Crippen molar-refractivity contribution in [1.29, 1.82) is 0 Å². The predicted octanol–water partition coefficient (Wildman–Crippen LogP) is 2.30. The molecule has 1 aromatic rings. The van der Waals surface area contributed by atoms with Crippen LogP contribution in [0.2, 0.25) is 0 Å². The van der Waals surface area contributed by atoms with Crippen LogP contribution in [0.4, 0.5) is 15.3 Å². The first-order valence-electron chi connectivity index (χ1n) is 4.95. The summed E-state index contributed by atoms with van der Waals surface area (Å²) in [4.78, 5) is 24.0. The smallest absolute Gasteiger partial charge is 0.424 e. The summed E-state index contributed by atoms with van der Waals surface area (Å²) in [6, 6.07) is 7.06. The Bertz CT molecular complexity index is 430. The number of nitrogens with zero attached hydrogens (tertiary/aromatic N) is 1. The fourth-order valence-corrected chi connectivity index (χ4v) is 1.51. The number of hydrogen-bond donors (Lipinski definition) is 0. The lowest BCUT2D eigenvalue weighted by Crippen LogP contribution is -2.41. The minimum Gasteiger partial charge on any atom is -0.449 e. The van der Waals surface area contributed by atoms with Gasteiger partial charge in [0.2, 0.25) is 0 Å². The SMILES string of the molecule is CCOC(=O)N1C(=O)OCc2ccccc21. The number of hydrogen-bond acceptors (Lipinski definition) is 4. The maximum Gasteiger partial charge on any atom is 0.424 e. The number of amides is 2. The molecule has 0 N–H and O–H groups in total. The normalized spacial score (nSPS) is 14.1. The molecule has 0 saturated carbocycles. The molecule has 5 heteroatoms. The van der Waals surface area contributed by atoms with E-state index in [9.17, 15) is 9.59 Å². The highest BCUT2D eigenvalue weighted by atomic mass is 16.6. The number of ether oxygens (including phenoxy) is 2. The van der Waals surface area contributed by atoms with E-state index in [-0.39, 0.29) is 13.2 Å². The largest absolute Gasteiger partial charge is 0.449 e. The molecule has 0 aromatic heterocycles. The average molecular weight is 221 g/mol. The van der Waals surface area contributed by atoms with Crippen molar-refractivity contribution in [3.05, 3.63) is 29.8 Å². The first kappa shape index (κ1) is 10.5. The van der Waals surface area contributed by atoms with Gasteiger partial charge < -0.3 is 9.47 Å². The van der Waals surface area contributed by atoms with Gasteiger partial charge >= 0.3 is 12.2 Å². The van der Waals surface area contributed by atoms with Gasteiger partial charge in [-0.3, -0.25) is 0 Å². The van der Waals surface area contributed by atoms with Crippen molar-refractivity contribution in [2.45, 2.75) is 13.5 Å². The van der Waals surface area contributed by atoms with E-state index in [1.807, 2.05) is 6.07 Å². The van der Waals surface area contributed by atoms with Crippen LogP contribution in [0.25, 0.3) is 0 Å². The fourth-order valence-electron chi connectivity index (χ4n) is 1.51. The second-order valence-corrected chi connectivity index (χ2v) is 3.22. The van der Waals surface area contributed by atoms with E-state index < -0.39 is 12.2 Å². The lowest BCUT2D eigenvalue weighted by molar-refractivity contribution is 0.128. The van der Waals surface area contributed by atoms with Gasteiger partial charge in [-0.1, -0.05) is 18.2 Å². The van der Waals surface area contributed by atoms with Gasteiger partial charge in [-0.2, -0.15) is 4.90 Å². The average Bonchev–Trinajstić information content (AvgIpc) is 2.29. The van der Waals surface area contributed by atoms with Crippen LogP contribution in [-0.4, -0.2) is 18.8 Å². The summed E-state index contributed by atoms with van der Waals surface area (Å²) in [5.41, 5.74) is 1.31. The van der Waals surface area contributed by atoms with Crippen LogP contribution in [-0.2, 0) is 16.1 Å². The number of fused-ring (bicyclic) bond motifs is 1. The number of carbonyl (C=O) groups is 2. The summed E-state index contributed by atoms with van der Waals surface area (Å²) >= 11 is 0. The summed E-state index contributed by atoms with van der Waals surface area (Å²) in [7, 11) is 0. The van der Waals surface area contributed by atoms with E-state index in [4.69, 9.17) is 9.47 Å². The molecular formula is C11H11NO4. The minimum absolute atomic E-state index is 0.185. The third-order valence-electron chi connectivity index (χ3n) is 2.22. The number of anilines is 1. The van der Waals surface area contributed by atoms with Crippen LogP contribution in [0.15, 0.2) is 24.3 Å². The molecule has 1 aliphatic rings. The third kappa shape index (κ3) is 1.71. The molecule has 0 unspecified atom stereocenters. The van der Waals surface area contributed by atoms with Crippen LogP contribution in [0.1, 0.15) is 12.5 Å². The van der Waals surface area contributed by atoms with Crippen molar-refractivity contribution in [2.24, 2.45) is 0 Å². The lowest BCUT2D eigenvalue weighted by atomic mass is 10.1. The zero-order valence-corrected chi connectivity index (χ0v) is 8.80. The van der Waals surface area contributed by atoms with Crippen LogP contribution in [0.5, 0.6) is 0 Å². The number of para-hydroxylation sites is 1. The Labute approximate surface area is 92.6 Å². The van der Waals surface area contributed by atoms with E-state index in [1.165, 1.54) is 0 Å². The number of cyclic esters (lactones) is 1. The molecule has 0 atom stereocenters. The molecule has 2 amide bonds. The van der Waals surface area contributed by atoms with E-state index in [1.54, 1.807) is 25.1 Å². The summed E-state index contributed by atoms with van der Waals surface area (Å²) in [6.07, 6.45) is -1.41. The Kier molecular flexibility index (Phi) is 2.76. The molecule has 0 bridgehead atoms. The van der Waals surface area contributed by atoms with Gasteiger partial charge in [0, 0.05) is 5.56 Å². The van der Waals surface area contributed by atoms with Crippen molar-refractivity contribution >= 4 is 17.9 Å². The number of carbonyl (C=O) groups excluding carboxylic acids is 2. The van der Waals surface area contributed by atoms with E-state index in [2.05, 4.69) is 0 Å². The van der Waals surface area contributed by atoms with Crippen molar-refractivity contribution in [3.63, 3.8) is 0 Å². The molecule has 84 valence electrons. The van der Waals surface area contributed by atoms with Gasteiger partial charge in [0.25, 0.3) is 0 Å². The fraction of sp³-hybridized carbons (Fsp3) is 0.273. The molecule has 0 fully saturated rings. The van der Waals surface area contributed by atoms with Gasteiger partial charge in [-0.25, -0.2) is 9.59 Å². The summed E-state index contributed by atoms with van der Waals surface area (Å²) in [5.74, 6) is 0. The van der Waals surface area contributed by atoms with E-state index >= 15 is 0 Å². The standard InChI is InChI=1S/C11H11NO4/c1-2-15-10(13)12-9-6-4-3-5-8(9)7-16-11(12)14/h3-6H,2,7H2,1H3. The van der Waals surface area contributed by atoms with Gasteiger partial charge in [0.1, 0.15) is 6.61 Å². The Morgan fingerprint density at radius 1 is 1.50 bits per heavy atom. The topological polar surface area (TPSA) is 55.8 Å². The van der Waals surface area contributed by atoms with Gasteiger partial charge in [-0.05, 0) is 13.0 Å². The van der Waals surface area contributed by atoms with Crippen LogP contribution in [0.3, 0.4) is 0 Å². The molecule has 0 saturated heterocycles. The number of imide groups is 1. The molecule has 5 nitrogen and oxygen atoms in total. The molecule has 0 aliphatic carbocycles. The molecular weight excluding hydrogens is 210 g/mol. The van der Waals surface area contributed by atoms with Crippen LogP contribution >= 0.6 is 0 Å². The first-order valence-corrected chi connectivity index (χ1v) is 4.95. The second kappa shape index (κ2) is 4.22. The highest BCUT2D eigenvalue weighted by Gasteiger charge is 2.31. The van der Waals surface area contributed by atoms with E-state index in [0.717, 1.165) is 10.5 Å². The Morgan fingerprint density at radius 2 is 2.25 bits per heavy atom. The van der Waals surface area contributed by atoms with Crippen molar-refractivity contribution in [3.8, 4) is 0 Å². The van der Waals surface area contributed by atoms with Crippen molar-refractivity contribution in [2.75, 3.05) is 11.5 Å². The molecule has 1 aliphatic heterocycles. The summed E-state index contributed by atoms with van der Waals surface area (Å²) in [5, 5.41) is 0. The van der Waals surface area contributed by atoms with Gasteiger partial charge in [-0.15, -0.1) is 0 Å². The monoisotopic (exact) mass is 221 g/mol. The second-order valence-electron chi connectivity index (χ2n) is 3.22. The molecule has 1 aromatic carbocycles. The minimum atomic E-state index is -0.709. The Hall–Kier alpha value is -2.04. The third-order valence-corrected chi connectivity index (χ3v) is 2.22. The van der Waals surface area contributed by atoms with Crippen LogP contribution in [0, 0.1) is 0 Å². The molecule has 2 rings (SSSR count). The maximum atomic E-state index is 11.6. The zero-order valence-electron chi connectivity index (χ0n) is 8.80. The zero-order chi connectivity index (χ0) is 11.5. The van der Waals surface area contributed by atoms with Gasteiger partial charge in [0.05, 0.1) is 12.3 Å². The number of benzene rings is 1. The number of rotatable bonds is 1. The quantitative estimate of drug-likeness (QED) is 0.730. The lowest BCUT2D eigenvalue weighted by Gasteiger charge is -2.26. The highest BCUT2D eigenvalue weighted by Crippen LogP contribution is 2.27. The van der Waals surface area contributed by atoms with Crippen molar-refractivity contribution in [1.82, 2.24) is 0 Å². The Balaban J connectivity index is 2.37. The molecule has 0 radical (unpaired) electrons. The highest BCUT2D eigenvalue weighted by molar-refractivity contribution is 6.10. The van der Waals surface area contributed by atoms with E-state index in [0.29, 0.717) is 5.69 Å². The first-order chi connectivity index (χ1) is 7.74. The maximum absolute atomic E-state index is 11.6. The summed E-state index contributed by atoms with van der Waals surface area (Å²) < 4.78 is 9.67. The molecule has 16 heavy (non-hydrogen) atoms. The molecule has 0 spiro atoms. The predicted molar refractivity (Wildman–Crippen MR) is 56.1 cm³/mol. The Morgan fingerprint density at radius 3 is 3.00 bits per heavy atom. The van der Waals surface area contributed by atoms with Crippen LogP contribution < -0.4 is 4.90 Å². The molecule has 1 heterocycles. The van der Waals surface area contributed by atoms with Crippen molar-refractivity contribution < 1.29 is 19.1 Å². The summed E-state index contributed by atoms with van der Waals surface area (Å²) in [6.45, 7) is 2.08.